The van der Waals surface area contributed by atoms with Crippen LogP contribution in [0.4, 0.5) is 10.1 Å². The third-order valence-corrected chi connectivity index (χ3v) is 3.84. The van der Waals surface area contributed by atoms with Crippen molar-refractivity contribution in [2.75, 3.05) is 31.2 Å². The maximum Gasteiger partial charge on any atom is 0.271 e. The number of benzene rings is 1. The zero-order chi connectivity index (χ0) is 16.4. The lowest BCUT2D eigenvalue weighted by molar-refractivity contribution is -0.122. The van der Waals surface area contributed by atoms with Gasteiger partial charge in [0.05, 0.1) is 18.9 Å². The Morgan fingerprint density at radius 2 is 1.91 bits per heavy atom. The molecule has 1 N–H and O–H groups in total. The highest BCUT2D eigenvalue weighted by Gasteiger charge is 2.36. The SMILES string of the molecule is O=C1NC(=S)N(c2ccccc2F)C(=O)/C1=C\N1CCOCC1. The van der Waals surface area contributed by atoms with Gasteiger partial charge in [-0.3, -0.25) is 14.9 Å². The van der Waals surface area contributed by atoms with E-state index in [2.05, 4.69) is 5.32 Å². The lowest BCUT2D eigenvalue weighted by Gasteiger charge is -2.31. The molecule has 8 heteroatoms. The van der Waals surface area contributed by atoms with E-state index in [1.54, 1.807) is 6.07 Å². The first-order valence-electron chi connectivity index (χ1n) is 7.06. The van der Waals surface area contributed by atoms with Crippen molar-refractivity contribution >= 4 is 34.8 Å². The smallest absolute Gasteiger partial charge is 0.271 e. The monoisotopic (exact) mass is 335 g/mol. The highest BCUT2D eigenvalue weighted by molar-refractivity contribution is 7.80. The van der Waals surface area contributed by atoms with Gasteiger partial charge in [0.15, 0.2) is 5.11 Å². The van der Waals surface area contributed by atoms with Gasteiger partial charge in [0.1, 0.15) is 11.4 Å². The number of carbonyl (C=O) groups excluding carboxylic acids is 2. The number of nitrogens with zero attached hydrogens (tertiary/aromatic N) is 2. The Balaban J connectivity index is 1.94. The van der Waals surface area contributed by atoms with Gasteiger partial charge in [0.25, 0.3) is 11.8 Å². The number of nitrogens with one attached hydrogen (secondary N) is 1. The van der Waals surface area contributed by atoms with E-state index in [1.807, 2.05) is 4.90 Å². The predicted octanol–water partition coefficient (Wildman–Crippen LogP) is 0.789. The molecule has 0 saturated carbocycles. The Labute approximate surface area is 137 Å². The fourth-order valence-corrected chi connectivity index (χ4v) is 2.66. The third-order valence-electron chi connectivity index (χ3n) is 3.55. The first-order valence-corrected chi connectivity index (χ1v) is 7.46. The molecule has 1 aromatic carbocycles. The van der Waals surface area contributed by atoms with Gasteiger partial charge in [-0.25, -0.2) is 9.29 Å². The predicted molar refractivity (Wildman–Crippen MR) is 85.1 cm³/mol. The first kappa shape index (κ1) is 15.6. The summed E-state index contributed by atoms with van der Waals surface area (Å²) >= 11 is 5.03. The molecular weight excluding hydrogens is 321 g/mol. The molecule has 0 aromatic heterocycles. The summed E-state index contributed by atoms with van der Waals surface area (Å²) in [5.41, 5.74) is -0.0702. The Morgan fingerprint density at radius 1 is 1.22 bits per heavy atom. The van der Waals surface area contributed by atoms with Gasteiger partial charge in [-0.1, -0.05) is 12.1 Å². The van der Waals surface area contributed by atoms with Crippen LogP contribution < -0.4 is 10.2 Å². The van der Waals surface area contributed by atoms with Gasteiger partial charge in [-0.15, -0.1) is 0 Å². The number of rotatable bonds is 2. The highest BCUT2D eigenvalue weighted by atomic mass is 32.1. The van der Waals surface area contributed by atoms with E-state index in [0.717, 1.165) is 4.90 Å². The molecule has 0 bridgehead atoms. The van der Waals surface area contributed by atoms with Crippen LogP contribution in [-0.4, -0.2) is 48.1 Å². The van der Waals surface area contributed by atoms with Crippen molar-refractivity contribution in [3.05, 3.63) is 41.9 Å². The molecule has 0 unspecified atom stereocenters. The van der Waals surface area contributed by atoms with Crippen LogP contribution in [0.2, 0.25) is 0 Å². The molecule has 2 heterocycles. The summed E-state index contributed by atoms with van der Waals surface area (Å²) < 4.78 is 19.2. The number of amides is 2. The van der Waals surface area contributed by atoms with Crippen LogP contribution in [0, 0.1) is 5.82 Å². The Kier molecular flexibility index (Phi) is 4.35. The van der Waals surface area contributed by atoms with E-state index < -0.39 is 17.6 Å². The Hall–Kier alpha value is -2.32. The number of para-hydroxylation sites is 1. The zero-order valence-electron chi connectivity index (χ0n) is 12.1. The number of hydrogen-bond donors (Lipinski definition) is 1. The second-order valence-corrected chi connectivity index (χ2v) is 5.43. The normalized spacial score (nSPS) is 20.9. The number of halogens is 1. The fraction of sp³-hybridized carbons (Fsp3) is 0.267. The van der Waals surface area contributed by atoms with E-state index in [9.17, 15) is 14.0 Å². The van der Waals surface area contributed by atoms with Crippen molar-refractivity contribution < 1.29 is 18.7 Å². The van der Waals surface area contributed by atoms with Crippen molar-refractivity contribution in [2.45, 2.75) is 0 Å². The summed E-state index contributed by atoms with van der Waals surface area (Å²) in [4.78, 5) is 27.6. The molecule has 0 aliphatic carbocycles. The second kappa shape index (κ2) is 6.43. The molecule has 23 heavy (non-hydrogen) atoms. The fourth-order valence-electron chi connectivity index (χ4n) is 2.39. The summed E-state index contributed by atoms with van der Waals surface area (Å²) in [7, 11) is 0. The van der Waals surface area contributed by atoms with Crippen molar-refractivity contribution in [3.63, 3.8) is 0 Å². The summed E-state index contributed by atoms with van der Waals surface area (Å²) in [6.07, 6.45) is 1.48. The van der Waals surface area contributed by atoms with Crippen molar-refractivity contribution in [1.82, 2.24) is 10.2 Å². The minimum absolute atomic E-state index is 0.00961. The lowest BCUT2D eigenvalue weighted by Crippen LogP contribution is -2.55. The van der Waals surface area contributed by atoms with Crippen LogP contribution in [0.25, 0.3) is 0 Å². The van der Waals surface area contributed by atoms with E-state index in [0.29, 0.717) is 26.3 Å². The third kappa shape index (κ3) is 3.08. The van der Waals surface area contributed by atoms with E-state index in [-0.39, 0.29) is 16.4 Å². The lowest BCUT2D eigenvalue weighted by atomic mass is 10.1. The maximum absolute atomic E-state index is 14.0. The number of morpholine rings is 1. The van der Waals surface area contributed by atoms with Crippen molar-refractivity contribution in [2.24, 2.45) is 0 Å². The highest BCUT2D eigenvalue weighted by Crippen LogP contribution is 2.23. The number of anilines is 1. The van der Waals surface area contributed by atoms with Gasteiger partial charge >= 0.3 is 0 Å². The topological polar surface area (TPSA) is 61.9 Å². The molecule has 0 atom stereocenters. The van der Waals surface area contributed by atoms with Crippen LogP contribution in [0.3, 0.4) is 0 Å². The molecule has 0 radical (unpaired) electrons. The number of carbonyl (C=O) groups is 2. The van der Waals surface area contributed by atoms with E-state index >= 15 is 0 Å². The molecule has 2 amide bonds. The van der Waals surface area contributed by atoms with Crippen molar-refractivity contribution in [1.29, 1.82) is 0 Å². The molecule has 3 rings (SSSR count). The number of ether oxygens (including phenoxy) is 1. The second-order valence-electron chi connectivity index (χ2n) is 5.04. The Morgan fingerprint density at radius 3 is 2.61 bits per heavy atom. The average molecular weight is 335 g/mol. The quantitative estimate of drug-likeness (QED) is 0.492. The Bertz CT molecular complexity index is 701. The summed E-state index contributed by atoms with van der Waals surface area (Å²) in [6, 6.07) is 5.77. The average Bonchev–Trinajstić information content (AvgIpc) is 2.54. The minimum atomic E-state index is -0.643. The van der Waals surface area contributed by atoms with Crippen LogP contribution in [0.1, 0.15) is 0 Å². The minimum Gasteiger partial charge on any atom is -0.378 e. The zero-order valence-corrected chi connectivity index (χ0v) is 12.9. The maximum atomic E-state index is 14.0. The van der Waals surface area contributed by atoms with Crippen LogP contribution in [0.15, 0.2) is 36.0 Å². The molecule has 6 nitrogen and oxygen atoms in total. The van der Waals surface area contributed by atoms with Crippen LogP contribution in [0.5, 0.6) is 0 Å². The van der Waals surface area contributed by atoms with Gasteiger partial charge in [-0.2, -0.15) is 0 Å². The van der Waals surface area contributed by atoms with E-state index in [1.165, 1.54) is 24.4 Å². The largest absolute Gasteiger partial charge is 0.378 e. The van der Waals surface area contributed by atoms with E-state index in [4.69, 9.17) is 17.0 Å². The van der Waals surface area contributed by atoms with Gasteiger partial charge in [-0.05, 0) is 24.4 Å². The van der Waals surface area contributed by atoms with Gasteiger partial charge in [0, 0.05) is 19.3 Å². The molecule has 2 aliphatic rings. The number of thiocarbonyl (C=S) groups is 1. The molecule has 2 fully saturated rings. The van der Waals surface area contributed by atoms with Crippen molar-refractivity contribution in [3.8, 4) is 0 Å². The van der Waals surface area contributed by atoms with Crippen LogP contribution >= 0.6 is 12.2 Å². The molecule has 0 spiro atoms. The molecule has 2 aliphatic heterocycles. The summed E-state index contributed by atoms with van der Waals surface area (Å²) in [6.45, 7) is 2.20. The first-order chi connectivity index (χ1) is 11.1. The summed E-state index contributed by atoms with van der Waals surface area (Å²) in [5, 5.41) is 2.29. The van der Waals surface area contributed by atoms with Gasteiger partial charge < -0.3 is 9.64 Å². The molecular formula is C15H14FN3O3S. The van der Waals surface area contributed by atoms with Gasteiger partial charge in [0.2, 0.25) is 0 Å². The number of hydrogen-bond acceptors (Lipinski definition) is 5. The van der Waals surface area contributed by atoms with Crippen LogP contribution in [-0.2, 0) is 14.3 Å². The standard InChI is InChI=1S/C15H14FN3O3S/c16-11-3-1-2-4-12(11)19-14(21)10(13(20)17-15(19)23)9-18-5-7-22-8-6-18/h1-4,9H,5-8H2,(H,17,20,23)/b10-9-. The molecule has 2 saturated heterocycles. The summed E-state index contributed by atoms with van der Waals surface area (Å²) in [5.74, 6) is -1.82. The molecule has 120 valence electrons. The molecule has 1 aromatic rings.